The molecule has 1 aliphatic rings. The number of anilines is 2. The molecule has 0 bridgehead atoms. The van der Waals surface area contributed by atoms with E-state index in [2.05, 4.69) is 41.9 Å². The molecule has 0 aliphatic carbocycles. The van der Waals surface area contributed by atoms with Crippen LogP contribution in [-0.4, -0.2) is 49.9 Å². The van der Waals surface area contributed by atoms with Crippen molar-refractivity contribution in [3.05, 3.63) is 36.0 Å². The van der Waals surface area contributed by atoms with E-state index in [1.54, 1.807) is 18.3 Å². The number of fused-ring (bicyclic) bond motifs is 1. The molecule has 9 nitrogen and oxygen atoms in total. The summed E-state index contributed by atoms with van der Waals surface area (Å²) < 4.78 is 1.44. The second kappa shape index (κ2) is 6.08. The minimum Gasteiger partial charge on any atom is -0.369 e. The Kier molecular flexibility index (Phi) is 3.63. The fraction of sp³-hybridized carbons (Fsp3) is 0.333. The van der Waals surface area contributed by atoms with Crippen LogP contribution in [0.25, 0.3) is 5.65 Å². The van der Waals surface area contributed by atoms with Gasteiger partial charge in [-0.3, -0.25) is 0 Å². The van der Waals surface area contributed by atoms with E-state index in [0.29, 0.717) is 22.9 Å². The fourth-order valence-electron chi connectivity index (χ4n) is 2.89. The van der Waals surface area contributed by atoms with Crippen molar-refractivity contribution in [2.24, 2.45) is 5.92 Å². The first-order valence-corrected chi connectivity index (χ1v) is 7.73. The van der Waals surface area contributed by atoms with Crippen LogP contribution in [0.5, 0.6) is 0 Å². The molecule has 1 saturated heterocycles. The molecule has 4 rings (SSSR count). The Morgan fingerprint density at radius 3 is 3.21 bits per heavy atom. The van der Waals surface area contributed by atoms with E-state index in [1.807, 2.05) is 12.1 Å². The Labute approximate surface area is 137 Å². The molecular weight excluding hydrogens is 306 g/mol. The van der Waals surface area contributed by atoms with Crippen LogP contribution in [0.1, 0.15) is 12.0 Å². The standard InChI is InChI=1S/C15H15N9/c16-8-12-2-1-6-17-15(12)18-9-11-5-7-23(10-11)14-4-3-13-19-21-22-24(13)20-14/h1-4,6,11H,5,7,9-10H2,(H,17,18)/t11-/m1/s1. The van der Waals surface area contributed by atoms with Crippen LogP contribution >= 0.6 is 0 Å². The zero-order chi connectivity index (χ0) is 16.4. The molecule has 0 unspecified atom stereocenters. The number of nitriles is 1. The van der Waals surface area contributed by atoms with Crippen molar-refractivity contribution in [1.29, 1.82) is 5.26 Å². The van der Waals surface area contributed by atoms with Crippen molar-refractivity contribution in [3.63, 3.8) is 0 Å². The lowest BCUT2D eigenvalue weighted by Gasteiger charge is -2.17. The maximum atomic E-state index is 9.10. The molecule has 24 heavy (non-hydrogen) atoms. The lowest BCUT2D eigenvalue weighted by atomic mass is 10.1. The highest BCUT2D eigenvalue weighted by Gasteiger charge is 2.24. The van der Waals surface area contributed by atoms with E-state index < -0.39 is 0 Å². The molecular formula is C15H15N9. The van der Waals surface area contributed by atoms with Crippen LogP contribution < -0.4 is 10.2 Å². The van der Waals surface area contributed by atoms with Gasteiger partial charge in [-0.15, -0.1) is 14.8 Å². The topological polar surface area (TPSA) is 108 Å². The van der Waals surface area contributed by atoms with Gasteiger partial charge in [-0.2, -0.15) is 5.26 Å². The van der Waals surface area contributed by atoms with Gasteiger partial charge in [0.2, 0.25) is 0 Å². The van der Waals surface area contributed by atoms with Crippen molar-refractivity contribution in [2.75, 3.05) is 29.9 Å². The molecule has 120 valence electrons. The first kappa shape index (κ1) is 14.3. The molecule has 1 atom stereocenters. The smallest absolute Gasteiger partial charge is 0.200 e. The summed E-state index contributed by atoms with van der Waals surface area (Å²) in [6, 6.07) is 9.48. The lowest BCUT2D eigenvalue weighted by Crippen LogP contribution is -2.24. The van der Waals surface area contributed by atoms with E-state index in [1.165, 1.54) is 4.63 Å². The minimum atomic E-state index is 0.463. The first-order valence-electron chi connectivity index (χ1n) is 7.73. The average molecular weight is 321 g/mol. The number of tetrazole rings is 1. The number of rotatable bonds is 4. The second-order valence-electron chi connectivity index (χ2n) is 5.71. The average Bonchev–Trinajstić information content (AvgIpc) is 3.28. The van der Waals surface area contributed by atoms with Crippen molar-refractivity contribution in [3.8, 4) is 6.07 Å². The molecule has 1 fully saturated rings. The normalized spacial score (nSPS) is 17.1. The maximum absolute atomic E-state index is 9.10. The first-order chi connectivity index (χ1) is 11.8. The molecule has 4 heterocycles. The third-order valence-electron chi connectivity index (χ3n) is 4.15. The van der Waals surface area contributed by atoms with Crippen LogP contribution in [0, 0.1) is 17.2 Å². The summed E-state index contributed by atoms with van der Waals surface area (Å²) in [5.41, 5.74) is 1.20. The van der Waals surface area contributed by atoms with Crippen LogP contribution in [0.4, 0.5) is 11.6 Å². The number of aromatic nitrogens is 6. The number of hydrogen-bond donors (Lipinski definition) is 1. The Morgan fingerprint density at radius 2 is 2.29 bits per heavy atom. The summed E-state index contributed by atoms with van der Waals surface area (Å²) in [5, 5.41) is 28.1. The summed E-state index contributed by atoms with van der Waals surface area (Å²) in [7, 11) is 0. The van der Waals surface area contributed by atoms with Gasteiger partial charge in [-0.05, 0) is 47.0 Å². The van der Waals surface area contributed by atoms with Crippen molar-refractivity contribution >= 4 is 17.3 Å². The van der Waals surface area contributed by atoms with Gasteiger partial charge < -0.3 is 10.2 Å². The van der Waals surface area contributed by atoms with E-state index in [4.69, 9.17) is 5.26 Å². The molecule has 1 N–H and O–H groups in total. The molecule has 1 aliphatic heterocycles. The van der Waals surface area contributed by atoms with E-state index in [-0.39, 0.29) is 0 Å². The Hall–Kier alpha value is -3.28. The minimum absolute atomic E-state index is 0.463. The SMILES string of the molecule is N#Cc1cccnc1NC[C@H]1CCN(c2ccc3nnnn3n2)C1. The van der Waals surface area contributed by atoms with Gasteiger partial charge in [0.25, 0.3) is 0 Å². The van der Waals surface area contributed by atoms with Crippen molar-refractivity contribution in [2.45, 2.75) is 6.42 Å². The molecule has 0 saturated carbocycles. The Balaban J connectivity index is 1.40. The summed E-state index contributed by atoms with van der Waals surface area (Å²) in [4.78, 5) is 6.45. The molecule has 3 aromatic heterocycles. The maximum Gasteiger partial charge on any atom is 0.200 e. The highest BCUT2D eigenvalue weighted by molar-refractivity contribution is 5.51. The number of nitrogens with one attached hydrogen (secondary N) is 1. The van der Waals surface area contributed by atoms with Crippen LogP contribution in [-0.2, 0) is 0 Å². The van der Waals surface area contributed by atoms with Gasteiger partial charge in [0, 0.05) is 25.8 Å². The van der Waals surface area contributed by atoms with Gasteiger partial charge in [0.05, 0.1) is 5.56 Å². The third-order valence-corrected chi connectivity index (χ3v) is 4.15. The van der Waals surface area contributed by atoms with E-state index in [0.717, 1.165) is 31.9 Å². The largest absolute Gasteiger partial charge is 0.369 e. The molecule has 0 radical (unpaired) electrons. The highest BCUT2D eigenvalue weighted by atomic mass is 15.6. The third kappa shape index (κ3) is 2.69. The van der Waals surface area contributed by atoms with Gasteiger partial charge in [-0.1, -0.05) is 0 Å². The molecule has 3 aromatic rings. The second-order valence-corrected chi connectivity index (χ2v) is 5.71. The van der Waals surface area contributed by atoms with Crippen LogP contribution in [0.15, 0.2) is 30.5 Å². The quantitative estimate of drug-likeness (QED) is 0.749. The predicted molar refractivity (Wildman–Crippen MR) is 86.3 cm³/mol. The highest BCUT2D eigenvalue weighted by Crippen LogP contribution is 2.22. The van der Waals surface area contributed by atoms with Crippen LogP contribution in [0.2, 0.25) is 0 Å². The van der Waals surface area contributed by atoms with Gasteiger partial charge in [0.1, 0.15) is 11.9 Å². The number of hydrogen-bond acceptors (Lipinski definition) is 8. The Morgan fingerprint density at radius 1 is 1.33 bits per heavy atom. The van der Waals surface area contributed by atoms with E-state index in [9.17, 15) is 0 Å². The van der Waals surface area contributed by atoms with Crippen molar-refractivity contribution in [1.82, 2.24) is 30.2 Å². The molecule has 0 spiro atoms. The molecule has 9 heteroatoms. The van der Waals surface area contributed by atoms with Crippen molar-refractivity contribution < 1.29 is 0 Å². The van der Waals surface area contributed by atoms with Gasteiger partial charge in [-0.25, -0.2) is 4.98 Å². The monoisotopic (exact) mass is 321 g/mol. The molecule has 0 aromatic carbocycles. The summed E-state index contributed by atoms with van der Waals surface area (Å²) >= 11 is 0. The zero-order valence-corrected chi connectivity index (χ0v) is 12.9. The zero-order valence-electron chi connectivity index (χ0n) is 12.9. The van der Waals surface area contributed by atoms with E-state index >= 15 is 0 Å². The summed E-state index contributed by atoms with van der Waals surface area (Å²) in [5.74, 6) is 1.98. The van der Waals surface area contributed by atoms with Gasteiger partial charge in [0.15, 0.2) is 11.5 Å². The summed E-state index contributed by atoms with van der Waals surface area (Å²) in [6.45, 7) is 2.60. The number of nitrogens with zero attached hydrogens (tertiary/aromatic N) is 8. The summed E-state index contributed by atoms with van der Waals surface area (Å²) in [6.07, 6.45) is 2.74. The number of pyridine rings is 1. The van der Waals surface area contributed by atoms with Gasteiger partial charge >= 0.3 is 0 Å². The lowest BCUT2D eigenvalue weighted by molar-refractivity contribution is 0.619. The van der Waals surface area contributed by atoms with Crippen LogP contribution in [0.3, 0.4) is 0 Å². The predicted octanol–water partition coefficient (Wildman–Crippen LogP) is 0.724. The molecule has 0 amide bonds. The Bertz CT molecular complexity index is 897. The fourth-order valence-corrected chi connectivity index (χ4v) is 2.89.